The Bertz CT molecular complexity index is 320. The summed E-state index contributed by atoms with van der Waals surface area (Å²) < 4.78 is 5.08. The molecular weight excluding hydrogens is 172 g/mol. The minimum absolute atomic E-state index is 0.892. The first kappa shape index (κ1) is 10.6. The molecule has 0 bridgehead atoms. The molecule has 1 rings (SSSR count). The monoisotopic (exact) mass is 188 g/mol. The van der Waals surface area contributed by atoms with Gasteiger partial charge in [0, 0.05) is 0 Å². The molecule has 0 heterocycles. The Kier molecular flexibility index (Phi) is 3.99. The van der Waals surface area contributed by atoms with Gasteiger partial charge in [0.1, 0.15) is 5.75 Å². The van der Waals surface area contributed by atoms with Crippen molar-refractivity contribution in [3.05, 3.63) is 48.1 Å². The zero-order valence-corrected chi connectivity index (χ0v) is 8.79. The summed E-state index contributed by atoms with van der Waals surface area (Å²) in [6, 6.07) is 8.02. The van der Waals surface area contributed by atoms with Crippen LogP contribution in [0, 0.1) is 0 Å². The molecule has 1 nitrogen and oxygen atoms in total. The molecule has 0 aliphatic rings. The molecule has 0 radical (unpaired) electrons. The number of benzene rings is 1. The van der Waals surface area contributed by atoms with Crippen LogP contribution in [0.5, 0.6) is 5.75 Å². The van der Waals surface area contributed by atoms with Crippen LogP contribution in [0.2, 0.25) is 0 Å². The molecule has 0 aliphatic heterocycles. The molecule has 1 heteroatoms. The summed E-state index contributed by atoms with van der Waals surface area (Å²) in [6.07, 6.45) is 5.00. The molecule has 1 aromatic rings. The van der Waals surface area contributed by atoms with Crippen molar-refractivity contribution in [3.8, 4) is 5.75 Å². The number of hydrogen-bond donors (Lipinski definition) is 0. The van der Waals surface area contributed by atoms with E-state index in [-0.39, 0.29) is 0 Å². The molecule has 0 atom stereocenters. The predicted octanol–water partition coefficient (Wildman–Crippen LogP) is 3.67. The van der Waals surface area contributed by atoms with E-state index in [4.69, 9.17) is 4.74 Å². The van der Waals surface area contributed by atoms with Crippen LogP contribution in [0.3, 0.4) is 0 Å². The Morgan fingerprint density at radius 2 is 2.00 bits per heavy atom. The first-order valence-corrected chi connectivity index (χ1v) is 4.68. The minimum atomic E-state index is 0.892. The maximum atomic E-state index is 5.08. The summed E-state index contributed by atoms with van der Waals surface area (Å²) in [4.78, 5) is 0. The Morgan fingerprint density at radius 1 is 1.36 bits per heavy atom. The maximum Gasteiger partial charge on any atom is 0.118 e. The Hall–Kier alpha value is -1.50. The van der Waals surface area contributed by atoms with Gasteiger partial charge in [-0.05, 0) is 31.0 Å². The fourth-order valence-electron chi connectivity index (χ4n) is 1.27. The first-order chi connectivity index (χ1) is 6.76. The number of allylic oxidation sites excluding steroid dienone is 2. The Labute approximate surface area is 85.7 Å². The third-order valence-corrected chi connectivity index (χ3v) is 2.00. The lowest BCUT2D eigenvalue weighted by molar-refractivity contribution is 0.415. The van der Waals surface area contributed by atoms with Crippen LogP contribution in [0.4, 0.5) is 0 Å². The third kappa shape index (κ3) is 3.09. The fraction of sp³-hybridized carbons (Fsp3) is 0.231. The molecule has 0 N–H and O–H groups in total. The summed E-state index contributed by atoms with van der Waals surface area (Å²) in [5.74, 6) is 0.892. The van der Waals surface area contributed by atoms with Crippen LogP contribution in [0.1, 0.15) is 18.9 Å². The van der Waals surface area contributed by atoms with E-state index in [1.54, 1.807) is 7.11 Å². The second-order valence-corrected chi connectivity index (χ2v) is 3.26. The van der Waals surface area contributed by atoms with Gasteiger partial charge < -0.3 is 4.74 Å². The quantitative estimate of drug-likeness (QED) is 0.655. The molecule has 0 saturated carbocycles. The van der Waals surface area contributed by atoms with Gasteiger partial charge in [0.15, 0.2) is 0 Å². The van der Waals surface area contributed by atoms with E-state index in [0.29, 0.717) is 0 Å². The van der Waals surface area contributed by atoms with Crippen LogP contribution >= 0.6 is 0 Å². The van der Waals surface area contributed by atoms with E-state index in [9.17, 15) is 0 Å². The minimum Gasteiger partial charge on any atom is -0.497 e. The van der Waals surface area contributed by atoms with Gasteiger partial charge in [0.25, 0.3) is 0 Å². The van der Waals surface area contributed by atoms with E-state index < -0.39 is 0 Å². The summed E-state index contributed by atoms with van der Waals surface area (Å²) in [7, 11) is 1.67. The van der Waals surface area contributed by atoms with E-state index in [0.717, 1.165) is 12.2 Å². The fourth-order valence-corrected chi connectivity index (χ4v) is 1.27. The number of hydrogen-bond acceptors (Lipinski definition) is 1. The molecule has 74 valence electrons. The van der Waals surface area contributed by atoms with E-state index >= 15 is 0 Å². The van der Waals surface area contributed by atoms with Gasteiger partial charge in [0.2, 0.25) is 0 Å². The zero-order chi connectivity index (χ0) is 10.4. The van der Waals surface area contributed by atoms with Crippen molar-refractivity contribution in [1.82, 2.24) is 0 Å². The van der Waals surface area contributed by atoms with Crippen LogP contribution in [0.15, 0.2) is 42.5 Å². The van der Waals surface area contributed by atoms with Crippen molar-refractivity contribution in [2.24, 2.45) is 0 Å². The van der Waals surface area contributed by atoms with Crippen LogP contribution < -0.4 is 4.74 Å². The summed E-state index contributed by atoms with van der Waals surface area (Å²) in [5.41, 5.74) is 2.51. The van der Waals surface area contributed by atoms with Gasteiger partial charge >= 0.3 is 0 Å². The normalized spacial score (nSPS) is 11.1. The van der Waals surface area contributed by atoms with Crippen LogP contribution in [0.25, 0.3) is 6.08 Å². The standard InChI is InChI=1S/C13H16O/c1-4-5-11(2)10-12-6-8-13(14-3)9-7-12/h4,6-10H,1,5H2,2-3H3/b11-10-. The van der Waals surface area contributed by atoms with Gasteiger partial charge in [-0.3, -0.25) is 0 Å². The van der Waals surface area contributed by atoms with Gasteiger partial charge in [0.05, 0.1) is 7.11 Å². The van der Waals surface area contributed by atoms with Crippen molar-refractivity contribution >= 4 is 6.08 Å². The summed E-state index contributed by atoms with van der Waals surface area (Å²) in [6.45, 7) is 5.81. The van der Waals surface area contributed by atoms with Crippen molar-refractivity contribution in [1.29, 1.82) is 0 Å². The lowest BCUT2D eigenvalue weighted by Crippen LogP contribution is -1.82. The molecular formula is C13H16O. The van der Waals surface area contributed by atoms with Crippen molar-refractivity contribution in [2.45, 2.75) is 13.3 Å². The number of methoxy groups -OCH3 is 1. The van der Waals surface area contributed by atoms with Gasteiger partial charge in [-0.1, -0.05) is 29.9 Å². The largest absolute Gasteiger partial charge is 0.497 e. The topological polar surface area (TPSA) is 9.23 Å². The molecule has 0 fully saturated rings. The lowest BCUT2D eigenvalue weighted by atomic mass is 10.1. The Morgan fingerprint density at radius 3 is 2.50 bits per heavy atom. The number of ether oxygens (including phenoxy) is 1. The van der Waals surface area contributed by atoms with E-state index in [1.165, 1.54) is 11.1 Å². The molecule has 1 aromatic carbocycles. The highest BCUT2D eigenvalue weighted by Gasteiger charge is 1.91. The van der Waals surface area contributed by atoms with Crippen LogP contribution in [-0.4, -0.2) is 7.11 Å². The van der Waals surface area contributed by atoms with Crippen molar-refractivity contribution in [3.63, 3.8) is 0 Å². The van der Waals surface area contributed by atoms with Crippen molar-refractivity contribution < 1.29 is 4.74 Å². The molecule has 0 aliphatic carbocycles. The highest BCUT2D eigenvalue weighted by molar-refractivity contribution is 5.53. The molecule has 0 aromatic heterocycles. The molecule has 0 amide bonds. The van der Waals surface area contributed by atoms with Gasteiger partial charge in [-0.2, -0.15) is 0 Å². The zero-order valence-electron chi connectivity index (χ0n) is 8.79. The highest BCUT2D eigenvalue weighted by atomic mass is 16.5. The van der Waals surface area contributed by atoms with E-state index in [1.807, 2.05) is 30.3 Å². The van der Waals surface area contributed by atoms with Gasteiger partial charge in [-0.15, -0.1) is 6.58 Å². The SMILES string of the molecule is C=CC/C(C)=C\c1ccc(OC)cc1. The molecule has 14 heavy (non-hydrogen) atoms. The van der Waals surface area contributed by atoms with Crippen LogP contribution in [-0.2, 0) is 0 Å². The second-order valence-electron chi connectivity index (χ2n) is 3.26. The summed E-state index contributed by atoms with van der Waals surface area (Å²) >= 11 is 0. The Balaban J connectivity index is 2.77. The number of rotatable bonds is 4. The second kappa shape index (κ2) is 5.28. The van der Waals surface area contributed by atoms with Gasteiger partial charge in [-0.25, -0.2) is 0 Å². The highest BCUT2D eigenvalue weighted by Crippen LogP contribution is 2.14. The molecule has 0 saturated heterocycles. The van der Waals surface area contributed by atoms with E-state index in [2.05, 4.69) is 19.6 Å². The molecule has 0 unspecified atom stereocenters. The lowest BCUT2D eigenvalue weighted by Gasteiger charge is -2.00. The smallest absolute Gasteiger partial charge is 0.118 e. The molecule has 0 spiro atoms. The van der Waals surface area contributed by atoms with Crippen molar-refractivity contribution in [2.75, 3.05) is 7.11 Å². The maximum absolute atomic E-state index is 5.08. The first-order valence-electron chi connectivity index (χ1n) is 4.68. The third-order valence-electron chi connectivity index (χ3n) is 2.00. The predicted molar refractivity (Wildman–Crippen MR) is 61.5 cm³/mol. The average Bonchev–Trinajstić information content (AvgIpc) is 2.19. The average molecular weight is 188 g/mol. The summed E-state index contributed by atoms with van der Waals surface area (Å²) in [5, 5.41) is 0.